The van der Waals surface area contributed by atoms with Gasteiger partial charge in [0.1, 0.15) is 5.75 Å². The quantitative estimate of drug-likeness (QED) is 0.500. The zero-order valence-electron chi connectivity index (χ0n) is 18.4. The van der Waals surface area contributed by atoms with Gasteiger partial charge in [0.25, 0.3) is 15.9 Å². The lowest BCUT2D eigenvalue weighted by molar-refractivity contribution is -0.0498. The molecule has 0 saturated heterocycles. The highest BCUT2D eigenvalue weighted by molar-refractivity contribution is 7.92. The van der Waals surface area contributed by atoms with Crippen molar-refractivity contribution in [3.63, 3.8) is 0 Å². The lowest BCUT2D eigenvalue weighted by atomic mass is 10.1. The van der Waals surface area contributed by atoms with Crippen LogP contribution in [0.15, 0.2) is 71.6 Å². The second-order valence-electron chi connectivity index (χ2n) is 7.64. The minimum absolute atomic E-state index is 0.0432. The number of benzene rings is 3. The molecule has 0 spiro atoms. The second kappa shape index (κ2) is 9.99. The highest BCUT2D eigenvalue weighted by atomic mass is 32.2. The Morgan fingerprint density at radius 3 is 2.24 bits per heavy atom. The first kappa shape index (κ1) is 24.2. The molecule has 0 bridgehead atoms. The third kappa shape index (κ3) is 6.29. The van der Waals surface area contributed by atoms with Crippen LogP contribution < -0.4 is 9.46 Å². The van der Waals surface area contributed by atoms with Crippen LogP contribution in [0.3, 0.4) is 0 Å². The van der Waals surface area contributed by atoms with Gasteiger partial charge in [0.15, 0.2) is 0 Å². The summed E-state index contributed by atoms with van der Waals surface area (Å²) < 4.78 is 56.9. The van der Waals surface area contributed by atoms with Crippen LogP contribution in [0.25, 0.3) is 0 Å². The molecule has 1 N–H and O–H groups in total. The van der Waals surface area contributed by atoms with E-state index in [2.05, 4.69) is 9.46 Å². The van der Waals surface area contributed by atoms with E-state index in [1.165, 1.54) is 29.2 Å². The maximum atomic E-state index is 12.8. The SMILES string of the molecule is Cc1ccc(C)c(S(=O)(=O)Nc2ccc(C(=O)N(C)Cc3ccc(OC(F)F)cc3)cc2)c1. The molecule has 3 rings (SSSR count). The number of rotatable bonds is 8. The van der Waals surface area contributed by atoms with E-state index in [0.717, 1.165) is 11.1 Å². The average molecular weight is 475 g/mol. The van der Waals surface area contributed by atoms with E-state index >= 15 is 0 Å². The molecule has 174 valence electrons. The summed E-state index contributed by atoms with van der Waals surface area (Å²) in [7, 11) is -2.16. The summed E-state index contributed by atoms with van der Waals surface area (Å²) in [6.07, 6.45) is 0. The molecule has 0 fully saturated rings. The van der Waals surface area contributed by atoms with Crippen molar-refractivity contribution in [1.82, 2.24) is 4.90 Å². The number of ether oxygens (including phenoxy) is 1. The number of nitrogens with zero attached hydrogens (tertiary/aromatic N) is 1. The van der Waals surface area contributed by atoms with Gasteiger partial charge in [-0.2, -0.15) is 8.78 Å². The summed E-state index contributed by atoms with van der Waals surface area (Å²) in [5, 5.41) is 0. The van der Waals surface area contributed by atoms with Crippen molar-refractivity contribution >= 4 is 21.6 Å². The number of amides is 1. The molecule has 9 heteroatoms. The fraction of sp³-hybridized carbons (Fsp3) is 0.208. The van der Waals surface area contributed by atoms with Crippen LogP contribution in [0.2, 0.25) is 0 Å². The maximum Gasteiger partial charge on any atom is 0.387 e. The molecule has 3 aromatic rings. The Morgan fingerprint density at radius 1 is 1.00 bits per heavy atom. The van der Waals surface area contributed by atoms with Crippen LogP contribution in [-0.4, -0.2) is 32.9 Å². The van der Waals surface area contributed by atoms with Crippen molar-refractivity contribution in [3.05, 3.63) is 89.0 Å². The van der Waals surface area contributed by atoms with E-state index in [-0.39, 0.29) is 23.1 Å². The summed E-state index contributed by atoms with van der Waals surface area (Å²) in [5.74, 6) is -0.228. The molecule has 0 saturated carbocycles. The van der Waals surface area contributed by atoms with E-state index in [1.807, 2.05) is 13.0 Å². The largest absolute Gasteiger partial charge is 0.435 e. The first-order chi connectivity index (χ1) is 15.5. The molecule has 3 aromatic carbocycles. The molecule has 33 heavy (non-hydrogen) atoms. The molecular formula is C24H24F2N2O4S. The Balaban J connectivity index is 1.66. The summed E-state index contributed by atoms with van der Waals surface area (Å²) >= 11 is 0. The van der Waals surface area contributed by atoms with Crippen molar-refractivity contribution < 1.29 is 26.7 Å². The number of anilines is 1. The van der Waals surface area contributed by atoms with Gasteiger partial charge in [0.2, 0.25) is 0 Å². The van der Waals surface area contributed by atoms with E-state index in [1.54, 1.807) is 50.4 Å². The Bertz CT molecular complexity index is 1230. The minimum atomic E-state index is -3.77. The van der Waals surface area contributed by atoms with Gasteiger partial charge < -0.3 is 9.64 Å². The maximum absolute atomic E-state index is 12.8. The molecule has 0 radical (unpaired) electrons. The van der Waals surface area contributed by atoms with Crippen LogP contribution in [-0.2, 0) is 16.6 Å². The first-order valence-electron chi connectivity index (χ1n) is 10.0. The molecule has 0 aromatic heterocycles. The lowest BCUT2D eigenvalue weighted by Gasteiger charge is -2.18. The van der Waals surface area contributed by atoms with Crippen molar-refractivity contribution in [2.45, 2.75) is 31.9 Å². The summed E-state index contributed by atoms with van der Waals surface area (Å²) in [6.45, 7) is 0.911. The van der Waals surface area contributed by atoms with Gasteiger partial charge in [-0.1, -0.05) is 24.3 Å². The second-order valence-corrected chi connectivity index (χ2v) is 9.29. The van der Waals surface area contributed by atoms with Gasteiger partial charge >= 0.3 is 6.61 Å². The minimum Gasteiger partial charge on any atom is -0.435 e. The molecule has 0 unspecified atom stereocenters. The molecule has 0 aliphatic heterocycles. The Labute approximate surface area is 191 Å². The number of halogens is 2. The highest BCUT2D eigenvalue weighted by Crippen LogP contribution is 2.22. The summed E-state index contributed by atoms with van der Waals surface area (Å²) in [6, 6.07) is 17.4. The topological polar surface area (TPSA) is 75.7 Å². The van der Waals surface area contributed by atoms with Crippen LogP contribution in [0.5, 0.6) is 5.75 Å². The molecule has 0 heterocycles. The smallest absolute Gasteiger partial charge is 0.387 e. The summed E-state index contributed by atoms with van der Waals surface area (Å²) in [4.78, 5) is 14.4. The van der Waals surface area contributed by atoms with E-state index in [0.29, 0.717) is 16.8 Å². The molecule has 1 amide bonds. The number of hydrogen-bond donors (Lipinski definition) is 1. The van der Waals surface area contributed by atoms with Gasteiger partial charge in [-0.05, 0) is 73.0 Å². The third-order valence-electron chi connectivity index (χ3n) is 4.93. The number of nitrogens with one attached hydrogen (secondary N) is 1. The van der Waals surface area contributed by atoms with E-state index in [4.69, 9.17) is 0 Å². The van der Waals surface area contributed by atoms with Gasteiger partial charge in [0.05, 0.1) is 4.90 Å². The zero-order chi connectivity index (χ0) is 24.2. The van der Waals surface area contributed by atoms with Gasteiger partial charge in [-0.15, -0.1) is 0 Å². The Hall–Kier alpha value is -3.46. The van der Waals surface area contributed by atoms with E-state index in [9.17, 15) is 22.0 Å². The fourth-order valence-corrected chi connectivity index (χ4v) is 4.62. The Morgan fingerprint density at radius 2 is 1.64 bits per heavy atom. The number of carbonyl (C=O) groups is 1. The summed E-state index contributed by atoms with van der Waals surface area (Å²) in [5.41, 5.74) is 2.93. The van der Waals surface area contributed by atoms with Gasteiger partial charge in [-0.3, -0.25) is 9.52 Å². The van der Waals surface area contributed by atoms with Crippen molar-refractivity contribution in [2.75, 3.05) is 11.8 Å². The molecule has 6 nitrogen and oxygen atoms in total. The van der Waals surface area contributed by atoms with Crippen molar-refractivity contribution in [2.24, 2.45) is 0 Å². The van der Waals surface area contributed by atoms with Crippen LogP contribution in [0.4, 0.5) is 14.5 Å². The molecule has 0 atom stereocenters. The third-order valence-corrected chi connectivity index (χ3v) is 6.46. The van der Waals surface area contributed by atoms with Crippen molar-refractivity contribution in [1.29, 1.82) is 0 Å². The normalized spacial score (nSPS) is 11.3. The Kier molecular flexibility index (Phi) is 7.33. The van der Waals surface area contributed by atoms with Crippen LogP contribution in [0, 0.1) is 13.8 Å². The predicted octanol–water partition coefficient (Wildman–Crippen LogP) is 4.98. The number of sulfonamides is 1. The first-order valence-corrected chi connectivity index (χ1v) is 11.5. The lowest BCUT2D eigenvalue weighted by Crippen LogP contribution is -2.26. The number of alkyl halides is 2. The van der Waals surface area contributed by atoms with Gasteiger partial charge in [0, 0.05) is 24.8 Å². The fourth-order valence-electron chi connectivity index (χ4n) is 3.23. The van der Waals surface area contributed by atoms with Crippen LogP contribution >= 0.6 is 0 Å². The van der Waals surface area contributed by atoms with E-state index < -0.39 is 16.6 Å². The number of aryl methyl sites for hydroxylation is 2. The van der Waals surface area contributed by atoms with Gasteiger partial charge in [-0.25, -0.2) is 8.42 Å². The highest BCUT2D eigenvalue weighted by Gasteiger charge is 2.18. The average Bonchev–Trinajstić information content (AvgIpc) is 2.76. The monoisotopic (exact) mass is 474 g/mol. The van der Waals surface area contributed by atoms with Crippen molar-refractivity contribution in [3.8, 4) is 5.75 Å². The number of hydrogen-bond acceptors (Lipinski definition) is 4. The number of carbonyl (C=O) groups excluding carboxylic acids is 1. The molecule has 0 aliphatic rings. The molecule has 0 aliphatic carbocycles. The van der Waals surface area contributed by atoms with Crippen LogP contribution in [0.1, 0.15) is 27.0 Å². The zero-order valence-corrected chi connectivity index (χ0v) is 19.2. The standard InChI is InChI=1S/C24H24F2N2O4S/c1-16-4-5-17(2)22(14-16)33(30,31)27-20-10-8-19(9-11-20)23(29)28(3)15-18-6-12-21(13-7-18)32-24(25)26/h4-14,24,27H,15H2,1-3H3. The predicted molar refractivity (Wildman–Crippen MR) is 122 cm³/mol. The molecular weight excluding hydrogens is 450 g/mol.